The topological polar surface area (TPSA) is 122 Å². The molecule has 156 valence electrons. The lowest BCUT2D eigenvalue weighted by Gasteiger charge is -2.12. The first kappa shape index (κ1) is 21.5. The Labute approximate surface area is 177 Å². The molecule has 0 spiro atoms. The molecule has 30 heavy (non-hydrogen) atoms. The highest BCUT2D eigenvalue weighted by atomic mass is 35.5. The second kappa shape index (κ2) is 8.66. The summed E-state index contributed by atoms with van der Waals surface area (Å²) in [5.74, 6) is -1.05. The van der Waals surface area contributed by atoms with Crippen LogP contribution in [-0.2, 0) is 10.0 Å². The molecule has 0 fully saturated rings. The number of amides is 2. The Kier molecular flexibility index (Phi) is 6.20. The predicted octanol–water partition coefficient (Wildman–Crippen LogP) is 2.32. The lowest BCUT2D eigenvalue weighted by Crippen LogP contribution is -2.41. The number of hydrogen-bond acceptors (Lipinski definition) is 6. The SMILES string of the molecule is CN(C)S(=O)(=O)c1cccc(C(=O)NNC(=O)c2cc(-c3ccc(Cl)cc3)on2)c1. The molecule has 3 aromatic rings. The predicted molar refractivity (Wildman–Crippen MR) is 109 cm³/mol. The number of nitrogens with one attached hydrogen (secondary N) is 2. The number of nitrogens with zero attached hydrogens (tertiary/aromatic N) is 2. The number of aromatic nitrogens is 1. The molecule has 0 radical (unpaired) electrons. The van der Waals surface area contributed by atoms with E-state index in [9.17, 15) is 18.0 Å². The third kappa shape index (κ3) is 4.67. The van der Waals surface area contributed by atoms with Gasteiger partial charge in [-0.1, -0.05) is 22.8 Å². The number of hydrogen-bond donors (Lipinski definition) is 2. The number of hydrazine groups is 1. The van der Waals surface area contributed by atoms with Gasteiger partial charge in [-0.2, -0.15) is 0 Å². The molecule has 2 aromatic carbocycles. The number of carbonyl (C=O) groups is 2. The fraction of sp³-hybridized carbons (Fsp3) is 0.105. The highest BCUT2D eigenvalue weighted by Gasteiger charge is 2.19. The molecule has 2 amide bonds. The van der Waals surface area contributed by atoms with Gasteiger partial charge in [0.1, 0.15) is 0 Å². The van der Waals surface area contributed by atoms with E-state index in [-0.39, 0.29) is 16.2 Å². The standard InChI is InChI=1S/C19H17ClN4O5S/c1-24(2)30(27,28)15-5-3-4-13(10-15)18(25)21-22-19(26)16-11-17(29-23-16)12-6-8-14(20)9-7-12/h3-11H,1-2H3,(H,21,25)(H,22,26). The summed E-state index contributed by atoms with van der Waals surface area (Å²) in [6, 6.07) is 13.6. The minimum atomic E-state index is -3.70. The van der Waals surface area contributed by atoms with Gasteiger partial charge in [-0.15, -0.1) is 0 Å². The van der Waals surface area contributed by atoms with Crippen LogP contribution < -0.4 is 10.9 Å². The number of benzene rings is 2. The molecule has 0 saturated carbocycles. The van der Waals surface area contributed by atoms with Crippen LogP contribution in [0.3, 0.4) is 0 Å². The van der Waals surface area contributed by atoms with Crippen molar-refractivity contribution in [2.45, 2.75) is 4.90 Å². The minimum absolute atomic E-state index is 0.0458. The van der Waals surface area contributed by atoms with Crippen LogP contribution in [-0.4, -0.2) is 43.8 Å². The highest BCUT2D eigenvalue weighted by molar-refractivity contribution is 7.89. The number of rotatable bonds is 5. The van der Waals surface area contributed by atoms with E-state index in [4.69, 9.17) is 16.1 Å². The Bertz CT molecular complexity index is 1190. The molecule has 11 heteroatoms. The number of halogens is 1. The fourth-order valence-electron chi connectivity index (χ4n) is 2.39. The van der Waals surface area contributed by atoms with Crippen LogP contribution in [0.2, 0.25) is 5.02 Å². The Balaban J connectivity index is 1.67. The lowest BCUT2D eigenvalue weighted by molar-refractivity contribution is 0.0841. The summed E-state index contributed by atoms with van der Waals surface area (Å²) in [6.45, 7) is 0. The van der Waals surface area contributed by atoms with Gasteiger partial charge in [0.2, 0.25) is 10.0 Å². The fourth-order valence-corrected chi connectivity index (χ4v) is 3.46. The Morgan fingerprint density at radius 1 is 1.00 bits per heavy atom. The molecule has 9 nitrogen and oxygen atoms in total. The van der Waals surface area contributed by atoms with E-state index in [1.54, 1.807) is 24.3 Å². The summed E-state index contributed by atoms with van der Waals surface area (Å²) < 4.78 is 30.6. The molecule has 0 aliphatic heterocycles. The second-order valence-corrected chi connectivity index (χ2v) is 8.90. The van der Waals surface area contributed by atoms with Crippen molar-refractivity contribution < 1.29 is 22.5 Å². The third-order valence-corrected chi connectivity index (χ3v) is 6.10. The second-order valence-electron chi connectivity index (χ2n) is 6.31. The summed E-state index contributed by atoms with van der Waals surface area (Å²) in [5.41, 5.74) is 5.10. The van der Waals surface area contributed by atoms with Crippen molar-refractivity contribution in [2.75, 3.05) is 14.1 Å². The average molecular weight is 449 g/mol. The zero-order valence-electron chi connectivity index (χ0n) is 15.9. The van der Waals surface area contributed by atoms with Gasteiger partial charge in [-0.05, 0) is 42.5 Å². The van der Waals surface area contributed by atoms with Crippen LogP contribution in [0.25, 0.3) is 11.3 Å². The van der Waals surface area contributed by atoms with Crippen molar-refractivity contribution in [3.8, 4) is 11.3 Å². The van der Waals surface area contributed by atoms with E-state index < -0.39 is 21.8 Å². The molecule has 0 aliphatic carbocycles. The number of carbonyl (C=O) groups excluding carboxylic acids is 2. The van der Waals surface area contributed by atoms with E-state index in [1.165, 1.54) is 44.4 Å². The average Bonchev–Trinajstić information content (AvgIpc) is 3.22. The summed E-state index contributed by atoms with van der Waals surface area (Å²) in [4.78, 5) is 24.5. The maximum atomic E-state index is 12.3. The zero-order chi connectivity index (χ0) is 21.9. The van der Waals surface area contributed by atoms with Gasteiger partial charge in [-0.3, -0.25) is 20.4 Å². The largest absolute Gasteiger partial charge is 0.355 e. The van der Waals surface area contributed by atoms with Gasteiger partial charge in [0, 0.05) is 36.3 Å². The maximum Gasteiger partial charge on any atom is 0.291 e. The summed E-state index contributed by atoms with van der Waals surface area (Å²) >= 11 is 5.84. The highest BCUT2D eigenvalue weighted by Crippen LogP contribution is 2.22. The van der Waals surface area contributed by atoms with Gasteiger partial charge in [-0.25, -0.2) is 12.7 Å². The molecule has 1 aromatic heterocycles. The van der Waals surface area contributed by atoms with Crippen molar-refractivity contribution in [3.05, 3.63) is 70.9 Å². The van der Waals surface area contributed by atoms with Crippen molar-refractivity contribution in [2.24, 2.45) is 0 Å². The van der Waals surface area contributed by atoms with Crippen molar-refractivity contribution >= 4 is 33.4 Å². The van der Waals surface area contributed by atoms with E-state index in [1.807, 2.05) is 0 Å². The molecule has 2 N–H and O–H groups in total. The first-order valence-corrected chi connectivity index (χ1v) is 10.4. The Morgan fingerprint density at radius 2 is 1.67 bits per heavy atom. The molecule has 0 saturated heterocycles. The first-order chi connectivity index (χ1) is 14.2. The van der Waals surface area contributed by atoms with E-state index >= 15 is 0 Å². The van der Waals surface area contributed by atoms with Crippen LogP contribution in [0.5, 0.6) is 0 Å². The van der Waals surface area contributed by atoms with Crippen LogP contribution in [0.15, 0.2) is 64.0 Å². The quantitative estimate of drug-likeness (QED) is 0.577. The Morgan fingerprint density at radius 3 is 2.33 bits per heavy atom. The van der Waals surface area contributed by atoms with Gasteiger partial charge in [0.25, 0.3) is 11.8 Å². The molecule has 3 rings (SSSR count). The van der Waals surface area contributed by atoms with Crippen LogP contribution in [0, 0.1) is 0 Å². The molecule has 0 bridgehead atoms. The smallest absolute Gasteiger partial charge is 0.291 e. The van der Waals surface area contributed by atoms with E-state index in [2.05, 4.69) is 16.0 Å². The molecular weight excluding hydrogens is 432 g/mol. The monoisotopic (exact) mass is 448 g/mol. The van der Waals surface area contributed by atoms with Gasteiger partial charge >= 0.3 is 0 Å². The zero-order valence-corrected chi connectivity index (χ0v) is 17.5. The van der Waals surface area contributed by atoms with Gasteiger partial charge in [0.15, 0.2) is 11.5 Å². The van der Waals surface area contributed by atoms with E-state index in [0.29, 0.717) is 16.3 Å². The first-order valence-electron chi connectivity index (χ1n) is 8.54. The molecule has 0 atom stereocenters. The molecule has 0 aliphatic rings. The van der Waals surface area contributed by atoms with Gasteiger partial charge in [0.05, 0.1) is 4.90 Å². The normalized spacial score (nSPS) is 11.3. The number of sulfonamides is 1. The van der Waals surface area contributed by atoms with Gasteiger partial charge < -0.3 is 4.52 Å². The summed E-state index contributed by atoms with van der Waals surface area (Å²) in [6.07, 6.45) is 0. The maximum absolute atomic E-state index is 12.3. The van der Waals surface area contributed by atoms with Crippen molar-refractivity contribution in [3.63, 3.8) is 0 Å². The molecule has 0 unspecified atom stereocenters. The Hall–Kier alpha value is -3.21. The minimum Gasteiger partial charge on any atom is -0.355 e. The summed E-state index contributed by atoms with van der Waals surface area (Å²) in [7, 11) is -0.923. The third-order valence-electron chi connectivity index (χ3n) is 4.04. The van der Waals surface area contributed by atoms with Crippen molar-refractivity contribution in [1.82, 2.24) is 20.3 Å². The van der Waals surface area contributed by atoms with E-state index in [0.717, 1.165) is 4.31 Å². The molecule has 1 heterocycles. The van der Waals surface area contributed by atoms with Crippen LogP contribution >= 0.6 is 11.6 Å². The molecular formula is C19H17ClN4O5S. The van der Waals surface area contributed by atoms with Crippen LogP contribution in [0.1, 0.15) is 20.8 Å². The van der Waals surface area contributed by atoms with Crippen molar-refractivity contribution in [1.29, 1.82) is 0 Å². The van der Waals surface area contributed by atoms with Crippen LogP contribution in [0.4, 0.5) is 0 Å². The summed E-state index contributed by atoms with van der Waals surface area (Å²) in [5, 5.41) is 4.23. The lowest BCUT2D eigenvalue weighted by atomic mass is 10.1.